The lowest BCUT2D eigenvalue weighted by molar-refractivity contribution is 0.0548. The van der Waals surface area contributed by atoms with Crippen molar-refractivity contribution < 1.29 is 4.74 Å². The molecule has 1 aliphatic heterocycles. The van der Waals surface area contributed by atoms with E-state index in [4.69, 9.17) is 4.74 Å². The highest BCUT2D eigenvalue weighted by molar-refractivity contribution is 9.10. The molecular formula is C12H18BrNOS. The SMILES string of the molecule is CNC(Cc1sccc1Br)C1CCOCC1. The third-order valence-electron chi connectivity index (χ3n) is 3.30. The molecule has 2 heterocycles. The van der Waals surface area contributed by atoms with Crippen molar-refractivity contribution in [1.29, 1.82) is 0 Å². The van der Waals surface area contributed by atoms with Gasteiger partial charge < -0.3 is 10.1 Å². The Balaban J connectivity index is 1.97. The summed E-state index contributed by atoms with van der Waals surface area (Å²) < 4.78 is 6.67. The maximum absolute atomic E-state index is 5.42. The van der Waals surface area contributed by atoms with Crippen molar-refractivity contribution in [2.24, 2.45) is 5.92 Å². The fourth-order valence-electron chi connectivity index (χ4n) is 2.29. The van der Waals surface area contributed by atoms with E-state index in [0.717, 1.165) is 25.6 Å². The summed E-state index contributed by atoms with van der Waals surface area (Å²) in [5.41, 5.74) is 0. The summed E-state index contributed by atoms with van der Waals surface area (Å²) in [6.45, 7) is 1.85. The summed E-state index contributed by atoms with van der Waals surface area (Å²) in [6, 6.07) is 2.72. The zero-order valence-corrected chi connectivity index (χ0v) is 11.9. The maximum atomic E-state index is 5.42. The number of ether oxygens (including phenoxy) is 1. The number of nitrogens with one attached hydrogen (secondary N) is 1. The lowest BCUT2D eigenvalue weighted by Gasteiger charge is -2.30. The van der Waals surface area contributed by atoms with Gasteiger partial charge in [0.15, 0.2) is 0 Å². The van der Waals surface area contributed by atoms with E-state index in [2.05, 4.69) is 39.7 Å². The minimum Gasteiger partial charge on any atom is -0.381 e. The third kappa shape index (κ3) is 3.06. The highest BCUT2D eigenvalue weighted by Gasteiger charge is 2.23. The molecule has 1 aromatic rings. The first kappa shape index (κ1) is 12.6. The van der Waals surface area contributed by atoms with Crippen molar-refractivity contribution in [3.8, 4) is 0 Å². The Morgan fingerprint density at radius 2 is 2.31 bits per heavy atom. The van der Waals surface area contributed by atoms with E-state index in [0.29, 0.717) is 6.04 Å². The minimum absolute atomic E-state index is 0.582. The Kier molecular flexibility index (Phi) is 4.82. The van der Waals surface area contributed by atoms with Gasteiger partial charge in [0, 0.05) is 28.6 Å². The molecule has 0 radical (unpaired) electrons. The van der Waals surface area contributed by atoms with Crippen LogP contribution in [0.5, 0.6) is 0 Å². The molecule has 1 atom stereocenters. The average molecular weight is 304 g/mol. The summed E-state index contributed by atoms with van der Waals surface area (Å²) in [4.78, 5) is 1.45. The maximum Gasteiger partial charge on any atom is 0.0469 e. The Bertz CT molecular complexity index is 323. The number of thiophene rings is 1. The predicted octanol–water partition coefficient (Wildman–Crippen LogP) is 3.07. The van der Waals surface area contributed by atoms with Crippen LogP contribution in [0.1, 0.15) is 17.7 Å². The van der Waals surface area contributed by atoms with Crippen LogP contribution in [-0.2, 0) is 11.2 Å². The van der Waals surface area contributed by atoms with Crippen LogP contribution >= 0.6 is 27.3 Å². The molecule has 1 N–H and O–H groups in total. The second-order valence-electron chi connectivity index (χ2n) is 4.24. The highest BCUT2D eigenvalue weighted by atomic mass is 79.9. The van der Waals surface area contributed by atoms with Crippen LogP contribution in [-0.4, -0.2) is 26.3 Å². The molecule has 4 heteroatoms. The number of halogens is 1. The van der Waals surface area contributed by atoms with Gasteiger partial charge >= 0.3 is 0 Å². The molecule has 0 saturated carbocycles. The van der Waals surface area contributed by atoms with Gasteiger partial charge in [0.05, 0.1) is 0 Å². The van der Waals surface area contributed by atoms with Crippen LogP contribution in [0.25, 0.3) is 0 Å². The van der Waals surface area contributed by atoms with E-state index in [1.807, 2.05) is 11.3 Å². The normalized spacial score (nSPS) is 19.9. The molecule has 0 aromatic carbocycles. The second-order valence-corrected chi connectivity index (χ2v) is 6.10. The van der Waals surface area contributed by atoms with Crippen LogP contribution in [0.15, 0.2) is 15.9 Å². The van der Waals surface area contributed by atoms with Gasteiger partial charge in [0.2, 0.25) is 0 Å². The van der Waals surface area contributed by atoms with Gasteiger partial charge in [-0.1, -0.05) is 0 Å². The number of likely N-dealkylation sites (N-methyl/N-ethyl adjacent to an activating group) is 1. The summed E-state index contributed by atoms with van der Waals surface area (Å²) in [6.07, 6.45) is 3.50. The Labute approximate surface area is 110 Å². The average Bonchev–Trinajstić information content (AvgIpc) is 2.73. The van der Waals surface area contributed by atoms with Gasteiger partial charge in [0.1, 0.15) is 0 Å². The van der Waals surface area contributed by atoms with Crippen molar-refractivity contribution in [3.63, 3.8) is 0 Å². The molecule has 2 rings (SSSR count). The Hall–Kier alpha value is 0.1000. The largest absolute Gasteiger partial charge is 0.381 e. The van der Waals surface area contributed by atoms with E-state index >= 15 is 0 Å². The van der Waals surface area contributed by atoms with Crippen LogP contribution < -0.4 is 5.32 Å². The van der Waals surface area contributed by atoms with Crippen molar-refractivity contribution in [1.82, 2.24) is 5.32 Å². The van der Waals surface area contributed by atoms with Crippen molar-refractivity contribution in [3.05, 3.63) is 20.8 Å². The molecule has 0 aliphatic carbocycles. The van der Waals surface area contributed by atoms with Gasteiger partial charge in [-0.3, -0.25) is 0 Å². The zero-order chi connectivity index (χ0) is 11.4. The Morgan fingerprint density at radius 1 is 1.56 bits per heavy atom. The standard InChI is InChI=1S/C12H18BrNOS/c1-14-11(9-2-5-15-6-3-9)8-12-10(13)4-7-16-12/h4,7,9,11,14H,2-3,5-6,8H2,1H3. The molecule has 1 aliphatic rings. The molecule has 1 unspecified atom stereocenters. The highest BCUT2D eigenvalue weighted by Crippen LogP contribution is 2.28. The van der Waals surface area contributed by atoms with Crippen molar-refractivity contribution in [2.45, 2.75) is 25.3 Å². The second kappa shape index (κ2) is 6.15. The Morgan fingerprint density at radius 3 is 2.88 bits per heavy atom. The van der Waals surface area contributed by atoms with Crippen LogP contribution in [0, 0.1) is 5.92 Å². The lowest BCUT2D eigenvalue weighted by Crippen LogP contribution is -2.38. The smallest absolute Gasteiger partial charge is 0.0469 e. The van der Waals surface area contributed by atoms with Crippen molar-refractivity contribution >= 4 is 27.3 Å². The van der Waals surface area contributed by atoms with Gasteiger partial charge in [-0.05, 0) is 59.6 Å². The topological polar surface area (TPSA) is 21.3 Å². The van der Waals surface area contributed by atoms with Crippen molar-refractivity contribution in [2.75, 3.05) is 20.3 Å². The number of hydrogen-bond donors (Lipinski definition) is 1. The van der Waals surface area contributed by atoms with Gasteiger partial charge in [-0.2, -0.15) is 0 Å². The van der Waals surface area contributed by atoms with Gasteiger partial charge in [-0.25, -0.2) is 0 Å². The van der Waals surface area contributed by atoms with E-state index in [1.165, 1.54) is 22.2 Å². The zero-order valence-electron chi connectivity index (χ0n) is 9.54. The number of rotatable bonds is 4. The summed E-state index contributed by atoms with van der Waals surface area (Å²) in [5, 5.41) is 5.62. The van der Waals surface area contributed by atoms with Crippen LogP contribution in [0.4, 0.5) is 0 Å². The first-order valence-electron chi connectivity index (χ1n) is 5.78. The van der Waals surface area contributed by atoms with E-state index in [1.54, 1.807) is 0 Å². The molecule has 16 heavy (non-hydrogen) atoms. The summed E-state index contributed by atoms with van der Waals surface area (Å²) in [7, 11) is 2.07. The number of hydrogen-bond acceptors (Lipinski definition) is 3. The molecular weight excluding hydrogens is 286 g/mol. The molecule has 0 amide bonds. The minimum atomic E-state index is 0.582. The van der Waals surface area contributed by atoms with E-state index < -0.39 is 0 Å². The molecule has 1 aromatic heterocycles. The van der Waals surface area contributed by atoms with E-state index in [-0.39, 0.29) is 0 Å². The van der Waals surface area contributed by atoms with Gasteiger partial charge in [0.25, 0.3) is 0 Å². The van der Waals surface area contributed by atoms with Crippen LogP contribution in [0.2, 0.25) is 0 Å². The van der Waals surface area contributed by atoms with Gasteiger partial charge in [-0.15, -0.1) is 11.3 Å². The predicted molar refractivity (Wildman–Crippen MR) is 72.1 cm³/mol. The fraction of sp³-hybridized carbons (Fsp3) is 0.667. The van der Waals surface area contributed by atoms with Crippen LogP contribution in [0.3, 0.4) is 0 Å². The monoisotopic (exact) mass is 303 g/mol. The third-order valence-corrected chi connectivity index (χ3v) is 5.25. The van der Waals surface area contributed by atoms with E-state index in [9.17, 15) is 0 Å². The summed E-state index contributed by atoms with van der Waals surface area (Å²) in [5.74, 6) is 0.757. The molecule has 90 valence electrons. The summed E-state index contributed by atoms with van der Waals surface area (Å²) >= 11 is 5.45. The molecule has 1 fully saturated rings. The first-order valence-corrected chi connectivity index (χ1v) is 7.45. The molecule has 0 bridgehead atoms. The molecule has 2 nitrogen and oxygen atoms in total. The molecule has 0 spiro atoms. The quantitative estimate of drug-likeness (QED) is 0.923. The fourth-order valence-corrected chi connectivity index (χ4v) is 3.87. The first-order chi connectivity index (χ1) is 7.81. The molecule has 1 saturated heterocycles. The lowest BCUT2D eigenvalue weighted by atomic mass is 9.89.